The fourth-order valence-corrected chi connectivity index (χ4v) is 3.08. The third kappa shape index (κ3) is 7.20. The number of rotatable bonds is 9. The molecule has 0 bridgehead atoms. The predicted molar refractivity (Wildman–Crippen MR) is 113 cm³/mol. The highest BCUT2D eigenvalue weighted by Gasteiger charge is 2.31. The highest BCUT2D eigenvalue weighted by Crippen LogP contribution is 2.28. The maximum absolute atomic E-state index is 12.5. The first kappa shape index (κ1) is 24.0. The zero-order valence-electron chi connectivity index (χ0n) is 16.7. The molecule has 0 spiro atoms. The Bertz CT molecular complexity index is 1210. The molecule has 176 valence electrons. The maximum Gasteiger partial charge on any atom is 0.573 e. The lowest BCUT2D eigenvalue weighted by molar-refractivity contribution is -0.274. The molecule has 0 amide bonds. The molecule has 0 aliphatic carbocycles. The van der Waals surface area contributed by atoms with Crippen LogP contribution in [0.25, 0.3) is 11.3 Å². The number of aliphatic hydroxyl groups excluding tert-OH is 1. The van der Waals surface area contributed by atoms with Crippen LogP contribution in [0, 0.1) is 0 Å². The van der Waals surface area contributed by atoms with Crippen molar-refractivity contribution in [1.82, 2.24) is 9.97 Å². The van der Waals surface area contributed by atoms with Crippen molar-refractivity contribution >= 4 is 27.6 Å². The van der Waals surface area contributed by atoms with Crippen LogP contribution < -0.4 is 20.9 Å². The van der Waals surface area contributed by atoms with E-state index in [1.165, 1.54) is 42.5 Å². The number of nitrogens with zero attached hydrogens (tertiary/aromatic N) is 2. The molecule has 2 aromatic carbocycles. The lowest BCUT2D eigenvalue weighted by Gasteiger charge is -2.14. The first-order valence-corrected chi connectivity index (χ1v) is 10.7. The van der Waals surface area contributed by atoms with Crippen molar-refractivity contribution in [3.05, 3.63) is 54.6 Å². The van der Waals surface area contributed by atoms with Gasteiger partial charge in [0, 0.05) is 18.2 Å². The molecule has 0 saturated carbocycles. The highest BCUT2D eigenvalue weighted by molar-refractivity contribution is 7.85. The molecule has 5 N–H and O–H groups in total. The minimum Gasteiger partial charge on any atom is -0.406 e. The zero-order chi connectivity index (χ0) is 24.1. The van der Waals surface area contributed by atoms with Crippen LogP contribution in [0.1, 0.15) is 0 Å². The van der Waals surface area contributed by atoms with Crippen LogP contribution in [-0.2, 0) is 10.1 Å². The molecule has 0 atom stereocenters. The summed E-state index contributed by atoms with van der Waals surface area (Å²) < 4.78 is 72.9. The normalized spacial score (nSPS) is 11.7. The number of hydrazine groups is 1. The van der Waals surface area contributed by atoms with Crippen molar-refractivity contribution in [3.63, 3.8) is 0 Å². The van der Waals surface area contributed by atoms with Gasteiger partial charge in [-0.05, 0) is 36.4 Å². The Balaban J connectivity index is 1.85. The quantitative estimate of drug-likeness (QED) is 0.226. The molecule has 10 nitrogen and oxygen atoms in total. The van der Waals surface area contributed by atoms with Crippen molar-refractivity contribution < 1.29 is 36.0 Å². The number of halogens is 3. The van der Waals surface area contributed by atoms with E-state index in [0.717, 1.165) is 12.1 Å². The van der Waals surface area contributed by atoms with E-state index in [9.17, 15) is 21.6 Å². The number of ether oxygens (including phenoxy) is 1. The molecule has 0 aliphatic rings. The Kier molecular flexibility index (Phi) is 7.20. The monoisotopic (exact) mass is 485 g/mol. The second kappa shape index (κ2) is 9.89. The second-order valence-corrected chi connectivity index (χ2v) is 7.86. The van der Waals surface area contributed by atoms with E-state index in [1.54, 1.807) is 0 Å². The van der Waals surface area contributed by atoms with Crippen molar-refractivity contribution in [2.45, 2.75) is 11.3 Å². The fraction of sp³-hybridized carbons (Fsp3) is 0.158. The maximum atomic E-state index is 12.5. The summed E-state index contributed by atoms with van der Waals surface area (Å²) in [6.45, 7) is -0.0751. The largest absolute Gasteiger partial charge is 0.573 e. The number of alkyl halides is 3. The summed E-state index contributed by atoms with van der Waals surface area (Å²) >= 11 is 0. The van der Waals surface area contributed by atoms with Gasteiger partial charge in [0.15, 0.2) is 5.82 Å². The van der Waals surface area contributed by atoms with Crippen molar-refractivity contribution in [3.8, 4) is 17.0 Å². The number of hydrogen-bond acceptors (Lipinski definition) is 9. The Morgan fingerprint density at radius 1 is 1.00 bits per heavy atom. The van der Waals surface area contributed by atoms with E-state index in [2.05, 4.69) is 30.9 Å². The number of aromatic nitrogens is 2. The molecule has 14 heteroatoms. The second-order valence-electron chi connectivity index (χ2n) is 6.44. The lowest BCUT2D eigenvalue weighted by atomic mass is 10.1. The van der Waals surface area contributed by atoms with Gasteiger partial charge in [-0.2, -0.15) is 13.4 Å². The van der Waals surface area contributed by atoms with Gasteiger partial charge >= 0.3 is 6.36 Å². The third-order valence-electron chi connectivity index (χ3n) is 3.97. The summed E-state index contributed by atoms with van der Waals surface area (Å²) in [6.07, 6.45) is -4.85. The first-order chi connectivity index (χ1) is 15.5. The topological polar surface area (TPSA) is 146 Å². The summed E-state index contributed by atoms with van der Waals surface area (Å²) in [5, 5.41) is 11.8. The molecule has 0 unspecified atom stereocenters. The predicted octanol–water partition coefficient (Wildman–Crippen LogP) is 3.13. The summed E-state index contributed by atoms with van der Waals surface area (Å²) in [4.78, 5) is 8.15. The van der Waals surface area contributed by atoms with E-state index in [4.69, 9.17) is 9.66 Å². The number of anilines is 3. The molecule has 33 heavy (non-hydrogen) atoms. The zero-order valence-corrected chi connectivity index (χ0v) is 17.5. The molecule has 0 aliphatic heterocycles. The van der Waals surface area contributed by atoms with Gasteiger partial charge in [0.1, 0.15) is 5.75 Å². The van der Waals surface area contributed by atoms with Crippen LogP contribution in [0.3, 0.4) is 0 Å². The molecule has 0 fully saturated rings. The van der Waals surface area contributed by atoms with Crippen molar-refractivity contribution in [2.24, 2.45) is 0 Å². The van der Waals surface area contributed by atoms with E-state index in [0.29, 0.717) is 11.3 Å². The van der Waals surface area contributed by atoms with Crippen LogP contribution in [0.4, 0.5) is 30.6 Å². The van der Waals surface area contributed by atoms with Crippen LogP contribution in [0.5, 0.6) is 5.75 Å². The van der Waals surface area contributed by atoms with Crippen LogP contribution >= 0.6 is 0 Å². The Morgan fingerprint density at radius 2 is 1.73 bits per heavy atom. The van der Waals surface area contributed by atoms with Gasteiger partial charge in [0.05, 0.1) is 22.9 Å². The molecule has 0 saturated heterocycles. The smallest absolute Gasteiger partial charge is 0.406 e. The summed E-state index contributed by atoms with van der Waals surface area (Å²) in [6, 6.07) is 11.8. The molecule has 1 heterocycles. The first-order valence-electron chi connectivity index (χ1n) is 9.23. The summed E-state index contributed by atoms with van der Waals surface area (Å²) in [5.41, 5.74) is 6.54. The molecule has 1 aromatic heterocycles. The van der Waals surface area contributed by atoms with Gasteiger partial charge in [0.2, 0.25) is 5.95 Å². The van der Waals surface area contributed by atoms with Gasteiger partial charge in [0.25, 0.3) is 10.1 Å². The van der Waals surface area contributed by atoms with Gasteiger partial charge in [-0.15, -0.1) is 13.2 Å². The number of nitrogens with one attached hydrogen (secondary N) is 3. The fourth-order valence-electron chi connectivity index (χ4n) is 2.60. The van der Waals surface area contributed by atoms with Crippen LogP contribution in [0.2, 0.25) is 0 Å². The summed E-state index contributed by atoms with van der Waals surface area (Å²) in [7, 11) is -4.33. The molecule has 3 aromatic rings. The average Bonchev–Trinajstić information content (AvgIpc) is 2.75. The summed E-state index contributed by atoms with van der Waals surface area (Å²) in [5.74, 6) is -0.119. The number of hydrogen-bond donors (Lipinski definition) is 5. The van der Waals surface area contributed by atoms with Crippen molar-refractivity contribution in [2.75, 3.05) is 29.3 Å². The third-order valence-corrected chi connectivity index (χ3v) is 4.84. The minimum atomic E-state index is -4.85. The van der Waals surface area contributed by atoms with Crippen LogP contribution in [0.15, 0.2) is 59.5 Å². The molecule has 0 radical (unpaired) electrons. The highest BCUT2D eigenvalue weighted by atomic mass is 32.2. The lowest BCUT2D eigenvalue weighted by Crippen LogP contribution is -2.17. The Labute approximate surface area is 186 Å². The van der Waals surface area contributed by atoms with Crippen LogP contribution in [-0.4, -0.2) is 47.6 Å². The minimum absolute atomic E-state index is 0.0923. The van der Waals surface area contributed by atoms with E-state index in [-0.39, 0.29) is 35.5 Å². The van der Waals surface area contributed by atoms with Gasteiger partial charge in [-0.3, -0.25) is 15.4 Å². The van der Waals surface area contributed by atoms with E-state index in [1.807, 2.05) is 0 Å². The van der Waals surface area contributed by atoms with Gasteiger partial charge in [-0.25, -0.2) is 4.98 Å². The molecular weight excluding hydrogens is 467 g/mol. The van der Waals surface area contributed by atoms with Gasteiger partial charge in [-0.1, -0.05) is 12.1 Å². The SMILES string of the molecule is O=S(=O)(O)c1ccc(NNc2cc(-c3cccc(OC(F)(F)F)c3)nc(NCCO)n2)cc1. The Hall–Kier alpha value is -3.62. The standard InChI is InChI=1S/C19H18F3N5O5S/c20-19(21,22)32-14-3-1-2-12(10-14)16-11-17(25-18(24-16)23-8-9-28)27-26-13-4-6-15(7-5-13)33(29,30)31/h1-7,10-11,26,28H,8-9H2,(H,29,30,31)(H2,23,24,25,27). The van der Waals surface area contributed by atoms with Crippen molar-refractivity contribution in [1.29, 1.82) is 0 Å². The number of aliphatic hydroxyl groups is 1. The van der Waals surface area contributed by atoms with E-state index < -0.39 is 22.2 Å². The van der Waals surface area contributed by atoms with E-state index >= 15 is 0 Å². The van der Waals surface area contributed by atoms with Gasteiger partial charge < -0.3 is 15.2 Å². The molecular formula is C19H18F3N5O5S. The Morgan fingerprint density at radius 3 is 2.36 bits per heavy atom. The molecule has 3 rings (SSSR count). The number of benzene rings is 2. The average molecular weight is 485 g/mol.